The SMILES string of the molecule is CN=C(NCCN(CC1CC1)C1CC1)NCc1nc(C(C)C)cs1.I. The monoisotopic (exact) mass is 477 g/mol. The van der Waals surface area contributed by atoms with E-state index >= 15 is 0 Å². The maximum absolute atomic E-state index is 4.66. The molecule has 2 aliphatic carbocycles. The van der Waals surface area contributed by atoms with Gasteiger partial charge < -0.3 is 10.6 Å². The van der Waals surface area contributed by atoms with Crippen LogP contribution in [0.25, 0.3) is 0 Å². The third-order valence-electron chi connectivity index (χ3n) is 4.74. The Hall–Kier alpha value is -0.410. The van der Waals surface area contributed by atoms with Crippen LogP contribution in [0.2, 0.25) is 0 Å². The van der Waals surface area contributed by atoms with Crippen molar-refractivity contribution in [3.8, 4) is 0 Å². The van der Waals surface area contributed by atoms with Gasteiger partial charge in [0.2, 0.25) is 0 Å². The first-order valence-electron chi connectivity index (χ1n) is 9.28. The van der Waals surface area contributed by atoms with Gasteiger partial charge in [0, 0.05) is 38.1 Å². The van der Waals surface area contributed by atoms with E-state index in [-0.39, 0.29) is 24.0 Å². The van der Waals surface area contributed by atoms with Gasteiger partial charge in [-0.1, -0.05) is 13.8 Å². The predicted octanol–water partition coefficient (Wildman–Crippen LogP) is 3.42. The lowest BCUT2D eigenvalue weighted by Gasteiger charge is -2.22. The summed E-state index contributed by atoms with van der Waals surface area (Å²) in [6.07, 6.45) is 5.65. The lowest BCUT2D eigenvalue weighted by Crippen LogP contribution is -2.42. The van der Waals surface area contributed by atoms with Crippen molar-refractivity contribution < 1.29 is 0 Å². The molecule has 5 nitrogen and oxygen atoms in total. The fraction of sp³-hybridized carbons (Fsp3) is 0.778. The quantitative estimate of drug-likeness (QED) is 0.325. The lowest BCUT2D eigenvalue weighted by atomic mass is 10.2. The summed E-state index contributed by atoms with van der Waals surface area (Å²) in [7, 11) is 1.83. The molecule has 0 aliphatic heterocycles. The Bertz CT molecular complexity index is 551. The third kappa shape index (κ3) is 7.02. The van der Waals surface area contributed by atoms with Gasteiger partial charge >= 0.3 is 0 Å². The zero-order valence-electron chi connectivity index (χ0n) is 15.6. The van der Waals surface area contributed by atoms with Gasteiger partial charge in [-0.05, 0) is 37.5 Å². The van der Waals surface area contributed by atoms with Gasteiger partial charge in [-0.15, -0.1) is 35.3 Å². The molecule has 0 radical (unpaired) electrons. The largest absolute Gasteiger partial charge is 0.355 e. The number of thiazole rings is 1. The van der Waals surface area contributed by atoms with Crippen LogP contribution in [-0.2, 0) is 6.54 Å². The first kappa shape index (κ1) is 20.9. The van der Waals surface area contributed by atoms with Gasteiger partial charge in [-0.25, -0.2) is 4.98 Å². The first-order chi connectivity index (χ1) is 11.7. The summed E-state index contributed by atoms with van der Waals surface area (Å²) in [5.74, 6) is 2.34. The van der Waals surface area contributed by atoms with Crippen LogP contribution in [0, 0.1) is 5.92 Å². The lowest BCUT2D eigenvalue weighted by molar-refractivity contribution is 0.256. The summed E-state index contributed by atoms with van der Waals surface area (Å²) in [6.45, 7) is 8.48. The average molecular weight is 477 g/mol. The second-order valence-corrected chi connectivity index (χ2v) is 8.29. The summed E-state index contributed by atoms with van der Waals surface area (Å²) >= 11 is 1.72. The van der Waals surface area contributed by atoms with Gasteiger partial charge in [0.1, 0.15) is 5.01 Å². The fourth-order valence-corrected chi connectivity index (χ4v) is 3.76. The topological polar surface area (TPSA) is 52.6 Å². The van der Waals surface area contributed by atoms with Crippen molar-refractivity contribution in [1.29, 1.82) is 0 Å². The number of halogens is 1. The van der Waals surface area contributed by atoms with E-state index in [0.29, 0.717) is 5.92 Å². The Morgan fingerprint density at radius 1 is 1.32 bits per heavy atom. The minimum atomic E-state index is 0. The number of guanidine groups is 1. The Labute approximate surface area is 173 Å². The normalized spacial score (nSPS) is 17.7. The molecule has 25 heavy (non-hydrogen) atoms. The van der Waals surface area contributed by atoms with Crippen molar-refractivity contribution in [2.75, 3.05) is 26.7 Å². The predicted molar refractivity (Wildman–Crippen MR) is 117 cm³/mol. The van der Waals surface area contributed by atoms with Gasteiger partial charge in [0.25, 0.3) is 0 Å². The van der Waals surface area contributed by atoms with Crippen LogP contribution in [0.3, 0.4) is 0 Å². The molecule has 0 saturated heterocycles. The summed E-state index contributed by atoms with van der Waals surface area (Å²) in [6, 6.07) is 0.854. The van der Waals surface area contributed by atoms with E-state index in [1.807, 2.05) is 7.05 Å². The molecule has 2 fully saturated rings. The van der Waals surface area contributed by atoms with Crippen LogP contribution < -0.4 is 10.6 Å². The molecule has 1 aromatic heterocycles. The van der Waals surface area contributed by atoms with E-state index < -0.39 is 0 Å². The highest BCUT2D eigenvalue weighted by atomic mass is 127. The van der Waals surface area contributed by atoms with E-state index in [1.165, 1.54) is 37.9 Å². The van der Waals surface area contributed by atoms with E-state index in [1.54, 1.807) is 11.3 Å². The first-order valence-corrected chi connectivity index (χ1v) is 10.2. The molecule has 142 valence electrons. The standard InChI is InChI=1S/C18H31N5S.HI/c1-13(2)16-12-24-17(22-16)10-21-18(19-3)20-8-9-23(15-6-7-15)11-14-4-5-14;/h12-15H,4-11H2,1-3H3,(H2,19,20,21);1H. The summed E-state index contributed by atoms with van der Waals surface area (Å²) in [5, 5.41) is 10.1. The van der Waals surface area contributed by atoms with Crippen LogP contribution >= 0.6 is 35.3 Å². The van der Waals surface area contributed by atoms with Crippen molar-refractivity contribution >= 4 is 41.3 Å². The number of aromatic nitrogens is 1. The van der Waals surface area contributed by atoms with Crippen molar-refractivity contribution in [3.05, 3.63) is 16.1 Å². The summed E-state index contributed by atoms with van der Waals surface area (Å²) < 4.78 is 0. The molecule has 2 aliphatic rings. The number of nitrogens with one attached hydrogen (secondary N) is 2. The van der Waals surface area contributed by atoms with Gasteiger partial charge in [-0.2, -0.15) is 0 Å². The molecule has 2 N–H and O–H groups in total. The summed E-state index contributed by atoms with van der Waals surface area (Å²) in [4.78, 5) is 11.7. The average Bonchev–Trinajstić information content (AvgIpc) is 3.48. The number of nitrogens with zero attached hydrogens (tertiary/aromatic N) is 3. The molecule has 0 amide bonds. The summed E-state index contributed by atoms with van der Waals surface area (Å²) in [5.41, 5.74) is 1.18. The van der Waals surface area contributed by atoms with Gasteiger partial charge in [-0.3, -0.25) is 9.89 Å². The van der Waals surface area contributed by atoms with Crippen molar-refractivity contribution in [1.82, 2.24) is 20.5 Å². The Morgan fingerprint density at radius 3 is 2.64 bits per heavy atom. The smallest absolute Gasteiger partial charge is 0.191 e. The molecule has 1 aromatic rings. The molecule has 0 atom stereocenters. The molecule has 2 saturated carbocycles. The molecule has 0 aromatic carbocycles. The zero-order valence-corrected chi connectivity index (χ0v) is 18.8. The van der Waals surface area contributed by atoms with Crippen molar-refractivity contribution in [2.45, 2.75) is 58.0 Å². The van der Waals surface area contributed by atoms with Crippen LogP contribution in [-0.4, -0.2) is 48.6 Å². The third-order valence-corrected chi connectivity index (χ3v) is 5.60. The Kier molecular flexibility index (Phi) is 8.41. The van der Waals surface area contributed by atoms with Gasteiger partial charge in [0.05, 0.1) is 12.2 Å². The highest BCUT2D eigenvalue weighted by Crippen LogP contribution is 2.34. The zero-order chi connectivity index (χ0) is 16.9. The minimum Gasteiger partial charge on any atom is -0.355 e. The molecule has 7 heteroatoms. The van der Waals surface area contributed by atoms with Crippen molar-refractivity contribution in [3.63, 3.8) is 0 Å². The van der Waals surface area contributed by atoms with E-state index in [2.05, 4.69) is 44.7 Å². The van der Waals surface area contributed by atoms with Crippen LogP contribution in [0.15, 0.2) is 10.4 Å². The second-order valence-electron chi connectivity index (χ2n) is 7.34. The fourth-order valence-electron chi connectivity index (χ4n) is 2.86. The molecular weight excluding hydrogens is 445 g/mol. The van der Waals surface area contributed by atoms with E-state index in [4.69, 9.17) is 0 Å². The van der Waals surface area contributed by atoms with Crippen LogP contribution in [0.5, 0.6) is 0 Å². The minimum absolute atomic E-state index is 0. The molecule has 0 unspecified atom stereocenters. The highest BCUT2D eigenvalue weighted by Gasteiger charge is 2.33. The second kappa shape index (κ2) is 10.1. The molecule has 0 bridgehead atoms. The van der Waals surface area contributed by atoms with E-state index in [9.17, 15) is 0 Å². The maximum Gasteiger partial charge on any atom is 0.191 e. The molecule has 3 rings (SSSR count). The number of aliphatic imine (C=N–C) groups is 1. The van der Waals surface area contributed by atoms with Crippen LogP contribution in [0.4, 0.5) is 0 Å². The molecular formula is C18H32IN5S. The number of rotatable bonds is 9. The number of hydrogen-bond acceptors (Lipinski definition) is 4. The van der Waals surface area contributed by atoms with E-state index in [0.717, 1.165) is 42.6 Å². The molecule has 0 spiro atoms. The Morgan fingerprint density at radius 2 is 2.08 bits per heavy atom. The Balaban J connectivity index is 0.00000225. The molecule has 1 heterocycles. The van der Waals surface area contributed by atoms with Crippen LogP contribution in [0.1, 0.15) is 56.2 Å². The van der Waals surface area contributed by atoms with Gasteiger partial charge in [0.15, 0.2) is 5.96 Å². The maximum atomic E-state index is 4.66. The van der Waals surface area contributed by atoms with Crippen molar-refractivity contribution in [2.24, 2.45) is 10.9 Å². The highest BCUT2D eigenvalue weighted by molar-refractivity contribution is 14.0. The number of hydrogen-bond donors (Lipinski definition) is 2.